The summed E-state index contributed by atoms with van der Waals surface area (Å²) in [6, 6.07) is 0. The van der Waals surface area contributed by atoms with E-state index < -0.39 is 0 Å². The molecule has 0 heterocycles. The summed E-state index contributed by atoms with van der Waals surface area (Å²) in [5.41, 5.74) is 0. The molecule has 10 heavy (non-hydrogen) atoms. The topological polar surface area (TPSA) is 67.0 Å². The zero-order valence-corrected chi connectivity index (χ0v) is 11.0. The Kier molecular flexibility index (Phi) is 248. The normalized spacial score (nSPS) is 4.20. The summed E-state index contributed by atoms with van der Waals surface area (Å²) in [6.45, 7) is 11.2. The van der Waals surface area contributed by atoms with Gasteiger partial charge in [-0.3, -0.25) is 0 Å². The van der Waals surface area contributed by atoms with Gasteiger partial charge in [-0.2, -0.15) is 27.7 Å². The predicted molar refractivity (Wildman–Crippen MR) is 48.3 cm³/mol. The maximum atomic E-state index is 3.25. The van der Waals surface area contributed by atoms with Crippen LogP contribution in [-0.4, -0.2) is 0 Å². The van der Waals surface area contributed by atoms with Crippen molar-refractivity contribution in [2.24, 2.45) is 0 Å². The van der Waals surface area contributed by atoms with Gasteiger partial charge in [0.15, 0.2) is 0 Å². The van der Waals surface area contributed by atoms with E-state index >= 15 is 0 Å². The Hall–Kier alpha value is 0.660. The van der Waals surface area contributed by atoms with E-state index in [1.54, 1.807) is 6.92 Å². The first kappa shape index (κ1) is 45.8. The van der Waals surface area contributed by atoms with E-state index in [-0.39, 0.29) is 42.1 Å². The predicted octanol–water partition coefficient (Wildman–Crippen LogP) is 4.34. The number of hydrogen-bond donors (Lipinski definition) is 0. The van der Waals surface area contributed by atoms with Crippen molar-refractivity contribution in [3.63, 3.8) is 0 Å². The molecule has 0 saturated carbocycles. The van der Waals surface area contributed by atoms with Crippen molar-refractivity contribution in [3.05, 3.63) is 32.6 Å². The van der Waals surface area contributed by atoms with Crippen LogP contribution in [-0.2, 0) is 22.4 Å². The van der Waals surface area contributed by atoms with Crippen LogP contribution in [0.4, 0.5) is 0 Å². The first-order valence-electron chi connectivity index (χ1n) is 2.21. The maximum Gasteiger partial charge on any atom is 5.00 e. The minimum Gasteiger partial charge on any atom is -0.693 e. The van der Waals surface area contributed by atoms with Gasteiger partial charge < -0.3 is 32.6 Å². The molecule has 0 aliphatic carbocycles. The molecule has 0 aromatic rings. The van der Waals surface area contributed by atoms with Gasteiger partial charge in [0, 0.05) is 0 Å². The minimum atomic E-state index is 0. The summed E-state index contributed by atoms with van der Waals surface area (Å²) in [5, 5.41) is 0. The summed E-state index contributed by atoms with van der Waals surface area (Å²) in [7, 11) is 0. The smallest absolute Gasteiger partial charge is 0.693 e. The first-order valence-corrected chi connectivity index (χ1v) is 2.21. The van der Waals surface area contributed by atoms with E-state index in [1.165, 1.54) is 5.92 Å². The van der Waals surface area contributed by atoms with E-state index in [4.69, 9.17) is 0 Å². The average Bonchev–Trinajstić information content (AvgIpc) is 1.41. The Labute approximate surface area is 82.8 Å². The van der Waals surface area contributed by atoms with Crippen LogP contribution in [0.5, 0.6) is 0 Å². The van der Waals surface area contributed by atoms with Gasteiger partial charge in [-0.05, 0) is 0 Å². The number of rotatable bonds is 0. The molecule has 0 spiro atoms. The quantitative estimate of drug-likeness (QED) is 0.597. The van der Waals surface area contributed by atoms with Crippen LogP contribution in [0.15, 0.2) is 0 Å². The van der Waals surface area contributed by atoms with Gasteiger partial charge in [0.05, 0.1) is 0 Å². The largest absolute Gasteiger partial charge is 5.00 e. The molecule has 3 heteroatoms. The van der Waals surface area contributed by atoms with Crippen molar-refractivity contribution in [1.29, 1.82) is 0 Å². The molecule has 0 saturated heterocycles. The Morgan fingerprint density at radius 3 is 0.900 bits per heavy atom. The standard InChI is InChI=1S/C4H9.C2H5.CH3.2H2N.Ta/c1-4(2)3;1-2;;;;/h1-3H3;1H2,2H3;1H3;2*1H2;/q5*-1;+5. The van der Waals surface area contributed by atoms with Crippen LogP contribution in [0.3, 0.4) is 0 Å². The van der Waals surface area contributed by atoms with E-state index in [0.717, 1.165) is 0 Å². The fraction of sp³-hybridized carbons (Fsp3) is 0.571. The monoisotopic (exact) mass is 314 g/mol. The molecule has 0 bridgehead atoms. The van der Waals surface area contributed by atoms with Crippen LogP contribution < -0.4 is 0 Å². The molecular formula is C7H21N2Ta. The van der Waals surface area contributed by atoms with Crippen molar-refractivity contribution < 1.29 is 22.4 Å². The van der Waals surface area contributed by atoms with E-state index in [0.29, 0.717) is 0 Å². The molecule has 0 atom stereocenters. The van der Waals surface area contributed by atoms with E-state index in [9.17, 15) is 0 Å². The molecule has 2 nitrogen and oxygen atoms in total. The van der Waals surface area contributed by atoms with Crippen molar-refractivity contribution in [1.82, 2.24) is 0 Å². The molecule has 64 valence electrons. The maximum absolute atomic E-state index is 3.25. The van der Waals surface area contributed by atoms with Gasteiger partial charge in [-0.15, -0.1) is 0 Å². The Morgan fingerprint density at radius 2 is 0.900 bits per heavy atom. The van der Waals surface area contributed by atoms with Crippen molar-refractivity contribution in [3.8, 4) is 0 Å². The summed E-state index contributed by atoms with van der Waals surface area (Å²) in [5.74, 6) is 1.42. The molecule has 0 aromatic carbocycles. The van der Waals surface area contributed by atoms with Gasteiger partial charge >= 0.3 is 22.4 Å². The summed E-state index contributed by atoms with van der Waals surface area (Å²) >= 11 is 0. The Balaban J connectivity index is -0.00000000625. The zero-order chi connectivity index (χ0) is 5.58. The number of hydrogen-bond acceptors (Lipinski definition) is 0. The van der Waals surface area contributed by atoms with E-state index in [1.807, 2.05) is 0 Å². The molecule has 0 rings (SSSR count). The fourth-order valence-electron chi connectivity index (χ4n) is 0. The summed E-state index contributed by atoms with van der Waals surface area (Å²) < 4.78 is 0. The number of nitrogens with two attached hydrogens (primary N) is 2. The van der Waals surface area contributed by atoms with E-state index in [2.05, 4.69) is 27.7 Å². The third-order valence-corrected chi connectivity index (χ3v) is 0. The van der Waals surface area contributed by atoms with Gasteiger partial charge in [-0.25, -0.2) is 0 Å². The van der Waals surface area contributed by atoms with Crippen molar-refractivity contribution >= 4 is 0 Å². The molecule has 0 aliphatic rings. The molecular weight excluding hydrogens is 293 g/mol. The second-order valence-electron chi connectivity index (χ2n) is 1.50. The average molecular weight is 314 g/mol. The van der Waals surface area contributed by atoms with Gasteiger partial charge in [0.25, 0.3) is 0 Å². The SMILES string of the molecule is C[C-](C)C.[CH2-]C.[CH3-].[NH2-].[NH2-].[Ta+5]. The Bertz CT molecular complexity index is 16.3. The van der Waals surface area contributed by atoms with Gasteiger partial charge in [0.2, 0.25) is 0 Å². The summed E-state index contributed by atoms with van der Waals surface area (Å²) in [6.07, 6.45) is 0. The molecule has 0 amide bonds. The van der Waals surface area contributed by atoms with Gasteiger partial charge in [-0.1, -0.05) is 0 Å². The van der Waals surface area contributed by atoms with Gasteiger partial charge in [0.1, 0.15) is 0 Å². The van der Waals surface area contributed by atoms with Crippen molar-refractivity contribution in [2.75, 3.05) is 0 Å². The second-order valence-corrected chi connectivity index (χ2v) is 1.50. The van der Waals surface area contributed by atoms with Crippen LogP contribution in [0.1, 0.15) is 27.7 Å². The van der Waals surface area contributed by atoms with Crippen LogP contribution in [0, 0.1) is 20.3 Å². The molecule has 0 aromatic heterocycles. The third-order valence-electron chi connectivity index (χ3n) is 0. The second kappa shape index (κ2) is 54.1. The van der Waals surface area contributed by atoms with Crippen LogP contribution in [0.2, 0.25) is 0 Å². The molecule has 0 aliphatic heterocycles. The summed E-state index contributed by atoms with van der Waals surface area (Å²) in [4.78, 5) is 0. The Morgan fingerprint density at radius 1 is 0.900 bits per heavy atom. The van der Waals surface area contributed by atoms with Crippen molar-refractivity contribution in [2.45, 2.75) is 27.7 Å². The molecule has 4 N–H and O–H groups in total. The van der Waals surface area contributed by atoms with Crippen LogP contribution >= 0.6 is 0 Å². The third kappa shape index (κ3) is 1170. The minimum absolute atomic E-state index is 0. The molecule has 0 fully saturated rings. The molecule has 0 radical (unpaired) electrons. The molecule has 0 unspecified atom stereocenters. The fourth-order valence-corrected chi connectivity index (χ4v) is 0. The van der Waals surface area contributed by atoms with Crippen LogP contribution in [0.25, 0.3) is 12.3 Å². The first-order chi connectivity index (χ1) is 2.73. The zero-order valence-electron chi connectivity index (χ0n) is 7.81.